The zero-order chi connectivity index (χ0) is 15.0. The number of unbranched alkanes of at least 4 members (excludes halogenated alkanes) is 1. The van der Waals surface area contributed by atoms with Crippen LogP contribution in [0.1, 0.15) is 75.2 Å². The Morgan fingerprint density at radius 1 is 1.06 bits per heavy atom. The minimum Gasteiger partial charge on any atom is -0.0911 e. The quantitative estimate of drug-likeness (QED) is 0.367. The monoisotopic (exact) mass is 252 g/mol. The maximum absolute atomic E-state index is 2.34. The molecule has 0 spiro atoms. The van der Waals surface area contributed by atoms with Crippen molar-refractivity contribution in [1.82, 2.24) is 0 Å². The van der Waals surface area contributed by atoms with Gasteiger partial charge in [0.05, 0.1) is 0 Å². The van der Waals surface area contributed by atoms with Gasteiger partial charge in [0, 0.05) is 0 Å². The summed E-state index contributed by atoms with van der Waals surface area (Å²) in [6, 6.07) is 0. The second kappa shape index (κ2) is 18.6. The molecule has 0 aliphatic rings. The van der Waals surface area contributed by atoms with Crippen LogP contribution in [0.4, 0.5) is 0 Å². The predicted octanol–water partition coefficient (Wildman–Crippen LogP) is 6.94. The fraction of sp³-hybridized carbons (Fsp3) is 0.667. The molecule has 0 aliphatic carbocycles. The summed E-state index contributed by atoms with van der Waals surface area (Å²) in [4.78, 5) is 0. The molecule has 0 heteroatoms. The number of hydrogen-bond acceptors (Lipinski definition) is 0. The highest BCUT2D eigenvalue weighted by molar-refractivity contribution is 5.32. The van der Waals surface area contributed by atoms with Crippen molar-refractivity contribution in [2.75, 3.05) is 0 Å². The summed E-state index contributed by atoms with van der Waals surface area (Å²) in [5.41, 5.74) is 2.89. The molecule has 0 aromatic heterocycles. The maximum Gasteiger partial charge on any atom is -0.00113 e. The van der Waals surface area contributed by atoms with Gasteiger partial charge in [-0.15, -0.1) is 0 Å². The lowest BCUT2D eigenvalue weighted by Gasteiger charge is -2.12. The average Bonchev–Trinajstić information content (AvgIpc) is 2.42. The van der Waals surface area contributed by atoms with Crippen LogP contribution in [0.15, 0.2) is 35.5 Å². The standard InChI is InChI=1S/C14H24.2C2H6/c1-6-9-11-13(5)14(8-3)12(4)10-7-2;2*1-2/h7-8,10-12H,6,9H2,1-5H3;2*1-2H3/b10-7-,13-11-,14-8-;;. The first-order chi connectivity index (χ1) is 8.67. The van der Waals surface area contributed by atoms with E-state index in [9.17, 15) is 0 Å². The van der Waals surface area contributed by atoms with Crippen molar-refractivity contribution in [3.8, 4) is 0 Å². The number of rotatable bonds is 5. The van der Waals surface area contributed by atoms with Gasteiger partial charge in [0.2, 0.25) is 0 Å². The van der Waals surface area contributed by atoms with E-state index in [0.717, 1.165) is 0 Å². The van der Waals surface area contributed by atoms with Crippen LogP contribution in [0, 0.1) is 5.92 Å². The lowest BCUT2D eigenvalue weighted by atomic mass is 9.93. The van der Waals surface area contributed by atoms with Crippen molar-refractivity contribution in [3.05, 3.63) is 35.5 Å². The van der Waals surface area contributed by atoms with Crippen LogP contribution in [-0.4, -0.2) is 0 Å². The van der Waals surface area contributed by atoms with E-state index in [-0.39, 0.29) is 0 Å². The highest BCUT2D eigenvalue weighted by Crippen LogP contribution is 2.21. The highest BCUT2D eigenvalue weighted by Gasteiger charge is 2.05. The van der Waals surface area contributed by atoms with E-state index in [4.69, 9.17) is 0 Å². The van der Waals surface area contributed by atoms with Crippen LogP contribution in [-0.2, 0) is 0 Å². The Morgan fingerprint density at radius 3 is 1.89 bits per heavy atom. The smallest absolute Gasteiger partial charge is 0.00113 e. The van der Waals surface area contributed by atoms with Crippen molar-refractivity contribution in [2.45, 2.75) is 75.2 Å². The normalized spacial score (nSPS) is 13.4. The highest BCUT2D eigenvalue weighted by atomic mass is 14.1. The first-order valence-corrected chi connectivity index (χ1v) is 7.63. The molecule has 0 bridgehead atoms. The van der Waals surface area contributed by atoms with E-state index < -0.39 is 0 Å². The molecule has 0 aromatic rings. The largest absolute Gasteiger partial charge is 0.0911 e. The van der Waals surface area contributed by atoms with E-state index in [1.807, 2.05) is 27.7 Å². The van der Waals surface area contributed by atoms with Gasteiger partial charge < -0.3 is 0 Å². The van der Waals surface area contributed by atoms with Crippen molar-refractivity contribution < 1.29 is 0 Å². The van der Waals surface area contributed by atoms with Gasteiger partial charge in [0.15, 0.2) is 0 Å². The van der Waals surface area contributed by atoms with Crippen LogP contribution < -0.4 is 0 Å². The molecule has 0 radical (unpaired) electrons. The molecule has 108 valence electrons. The molecule has 0 heterocycles. The summed E-state index contributed by atoms with van der Waals surface area (Å²) in [7, 11) is 0. The van der Waals surface area contributed by atoms with Gasteiger partial charge >= 0.3 is 0 Å². The first-order valence-electron chi connectivity index (χ1n) is 7.63. The Balaban J connectivity index is -0.000000506. The molecule has 0 saturated carbocycles. The zero-order valence-corrected chi connectivity index (χ0v) is 14.3. The summed E-state index contributed by atoms with van der Waals surface area (Å²) in [6.45, 7) is 18.9. The summed E-state index contributed by atoms with van der Waals surface area (Å²) < 4.78 is 0. The molecule has 0 aliphatic heterocycles. The lowest BCUT2D eigenvalue weighted by molar-refractivity contribution is 0.857. The Kier molecular flexibility index (Phi) is 23.1. The molecule has 0 saturated heterocycles. The zero-order valence-electron chi connectivity index (χ0n) is 14.3. The van der Waals surface area contributed by atoms with Gasteiger partial charge in [-0.2, -0.15) is 0 Å². The van der Waals surface area contributed by atoms with Crippen LogP contribution >= 0.6 is 0 Å². The molecule has 0 rings (SSSR count). The molecule has 0 N–H and O–H groups in total. The van der Waals surface area contributed by atoms with Gasteiger partial charge in [-0.05, 0) is 38.7 Å². The minimum atomic E-state index is 0.540. The topological polar surface area (TPSA) is 0 Å². The van der Waals surface area contributed by atoms with E-state index >= 15 is 0 Å². The predicted molar refractivity (Wildman–Crippen MR) is 89.1 cm³/mol. The Morgan fingerprint density at radius 2 is 1.56 bits per heavy atom. The Hall–Kier alpha value is -0.780. The third-order valence-corrected chi connectivity index (χ3v) is 2.48. The van der Waals surface area contributed by atoms with E-state index in [1.54, 1.807) is 0 Å². The van der Waals surface area contributed by atoms with E-state index in [2.05, 4.69) is 58.9 Å². The van der Waals surface area contributed by atoms with Gasteiger partial charge in [0.25, 0.3) is 0 Å². The number of allylic oxidation sites excluding steroid dienone is 6. The molecule has 0 nitrogen and oxygen atoms in total. The molecule has 1 atom stereocenters. The third-order valence-electron chi connectivity index (χ3n) is 2.48. The van der Waals surface area contributed by atoms with Gasteiger partial charge in [-0.25, -0.2) is 0 Å². The molecule has 18 heavy (non-hydrogen) atoms. The van der Waals surface area contributed by atoms with Crippen molar-refractivity contribution in [1.29, 1.82) is 0 Å². The van der Waals surface area contributed by atoms with Gasteiger partial charge in [0.1, 0.15) is 0 Å². The SMILES string of the molecule is C/C=C\C(C)C(=C/C)/C(C)=C\CCC.CC.CC. The summed E-state index contributed by atoms with van der Waals surface area (Å²) in [5.74, 6) is 0.540. The van der Waals surface area contributed by atoms with E-state index in [0.29, 0.717) is 5.92 Å². The first kappa shape index (κ1) is 22.4. The molecule has 0 amide bonds. The van der Waals surface area contributed by atoms with Crippen LogP contribution in [0.3, 0.4) is 0 Å². The molecule has 1 unspecified atom stereocenters. The van der Waals surface area contributed by atoms with E-state index in [1.165, 1.54) is 24.0 Å². The van der Waals surface area contributed by atoms with Crippen molar-refractivity contribution in [3.63, 3.8) is 0 Å². The van der Waals surface area contributed by atoms with Crippen LogP contribution in [0.5, 0.6) is 0 Å². The fourth-order valence-corrected chi connectivity index (χ4v) is 1.72. The Bertz CT molecular complexity index is 228. The minimum absolute atomic E-state index is 0.540. The number of hydrogen-bond donors (Lipinski definition) is 0. The molecule has 0 aromatic carbocycles. The second-order valence-electron chi connectivity index (χ2n) is 3.73. The second-order valence-corrected chi connectivity index (χ2v) is 3.73. The van der Waals surface area contributed by atoms with Crippen molar-refractivity contribution >= 4 is 0 Å². The maximum atomic E-state index is 2.34. The average molecular weight is 252 g/mol. The van der Waals surface area contributed by atoms with Crippen LogP contribution in [0.2, 0.25) is 0 Å². The molecular weight excluding hydrogens is 216 g/mol. The summed E-state index contributed by atoms with van der Waals surface area (Å²) >= 11 is 0. The van der Waals surface area contributed by atoms with Gasteiger partial charge in [-0.1, -0.05) is 77.8 Å². The fourth-order valence-electron chi connectivity index (χ4n) is 1.72. The third kappa shape index (κ3) is 11.7. The summed E-state index contributed by atoms with van der Waals surface area (Å²) in [6.07, 6.45) is 11.4. The van der Waals surface area contributed by atoms with Gasteiger partial charge in [-0.3, -0.25) is 0 Å². The van der Waals surface area contributed by atoms with Crippen molar-refractivity contribution in [2.24, 2.45) is 5.92 Å². The lowest BCUT2D eigenvalue weighted by Crippen LogP contribution is -1.97. The summed E-state index contributed by atoms with van der Waals surface area (Å²) in [5, 5.41) is 0. The van der Waals surface area contributed by atoms with Crippen LogP contribution in [0.25, 0.3) is 0 Å². The molecular formula is C18H36. The molecule has 0 fully saturated rings. The Labute approximate surface area is 117 Å².